The first-order chi connectivity index (χ1) is 8.65. The van der Waals surface area contributed by atoms with Crippen LogP contribution in [0.4, 0.5) is 0 Å². The Morgan fingerprint density at radius 2 is 1.56 bits per heavy atom. The van der Waals surface area contributed by atoms with Crippen LogP contribution in [0.2, 0.25) is 0 Å². The lowest BCUT2D eigenvalue weighted by atomic mass is 9.94. The van der Waals surface area contributed by atoms with Crippen LogP contribution >= 0.6 is 0 Å². The van der Waals surface area contributed by atoms with Gasteiger partial charge in [0.05, 0.1) is 0 Å². The minimum absolute atomic E-state index is 0.747. The monoisotopic (exact) mass is 255 g/mol. The number of hydrogen-bond acceptors (Lipinski definition) is 1. The molecule has 0 aliphatic heterocycles. The summed E-state index contributed by atoms with van der Waals surface area (Å²) in [6, 6.07) is 0.747. The van der Waals surface area contributed by atoms with Crippen LogP contribution in [0.15, 0.2) is 0 Å². The molecule has 0 aliphatic rings. The predicted molar refractivity (Wildman–Crippen MR) is 84.1 cm³/mol. The molecule has 0 aromatic carbocycles. The van der Waals surface area contributed by atoms with Crippen LogP contribution in [-0.4, -0.2) is 12.6 Å². The second-order valence-corrected chi connectivity index (χ2v) is 6.12. The minimum atomic E-state index is 0.747. The first kappa shape index (κ1) is 18.0. The van der Waals surface area contributed by atoms with Crippen molar-refractivity contribution in [2.24, 2.45) is 11.8 Å². The van der Waals surface area contributed by atoms with Gasteiger partial charge >= 0.3 is 0 Å². The van der Waals surface area contributed by atoms with Crippen LogP contribution in [0.3, 0.4) is 0 Å². The fourth-order valence-corrected chi connectivity index (χ4v) is 2.67. The van der Waals surface area contributed by atoms with Crippen LogP contribution < -0.4 is 5.32 Å². The zero-order valence-electron chi connectivity index (χ0n) is 13.6. The van der Waals surface area contributed by atoms with E-state index in [4.69, 9.17) is 0 Å². The molecule has 18 heavy (non-hydrogen) atoms. The number of unbranched alkanes of at least 4 members (excludes halogenated alkanes) is 1. The molecule has 0 heterocycles. The summed E-state index contributed by atoms with van der Waals surface area (Å²) in [5.41, 5.74) is 0. The van der Waals surface area contributed by atoms with Gasteiger partial charge in [0.1, 0.15) is 0 Å². The average molecular weight is 255 g/mol. The third-order valence-corrected chi connectivity index (χ3v) is 4.26. The molecule has 110 valence electrons. The Morgan fingerprint density at radius 1 is 0.833 bits per heavy atom. The second-order valence-electron chi connectivity index (χ2n) is 6.12. The van der Waals surface area contributed by atoms with E-state index in [2.05, 4.69) is 39.9 Å². The highest BCUT2D eigenvalue weighted by atomic mass is 14.9. The molecule has 0 rings (SSSR count). The van der Waals surface area contributed by atoms with E-state index in [9.17, 15) is 0 Å². The molecule has 0 radical (unpaired) electrons. The Labute approximate surface area is 116 Å². The molecule has 0 bridgehead atoms. The lowest BCUT2D eigenvalue weighted by molar-refractivity contribution is 0.332. The van der Waals surface area contributed by atoms with Gasteiger partial charge in [0.25, 0.3) is 0 Å². The molecule has 0 spiro atoms. The quantitative estimate of drug-likeness (QED) is 0.461. The molecule has 0 fully saturated rings. The summed E-state index contributed by atoms with van der Waals surface area (Å²) in [6.45, 7) is 12.9. The van der Waals surface area contributed by atoms with Gasteiger partial charge in [-0.2, -0.15) is 0 Å². The van der Waals surface area contributed by atoms with E-state index in [1.54, 1.807) is 0 Å². The fraction of sp³-hybridized carbons (Fsp3) is 1.00. The van der Waals surface area contributed by atoms with Crippen molar-refractivity contribution in [3.05, 3.63) is 0 Å². The molecule has 3 atom stereocenters. The van der Waals surface area contributed by atoms with Crippen molar-refractivity contribution in [3.8, 4) is 0 Å². The highest BCUT2D eigenvalue weighted by Gasteiger charge is 2.14. The number of nitrogens with one attached hydrogen (secondary N) is 1. The number of hydrogen-bond donors (Lipinski definition) is 1. The standard InChI is InChI=1S/C17H37N/c1-6-9-13-17(16(5)8-3)18-14-10-12-15(4)11-7-2/h15-18H,6-14H2,1-5H3. The van der Waals surface area contributed by atoms with Gasteiger partial charge in [0.2, 0.25) is 0 Å². The lowest BCUT2D eigenvalue weighted by Crippen LogP contribution is -2.35. The number of rotatable bonds is 12. The third kappa shape index (κ3) is 8.97. The summed E-state index contributed by atoms with van der Waals surface area (Å²) in [4.78, 5) is 0. The van der Waals surface area contributed by atoms with E-state index in [1.165, 1.54) is 57.9 Å². The molecule has 3 unspecified atom stereocenters. The van der Waals surface area contributed by atoms with Gasteiger partial charge in [-0.1, -0.05) is 66.7 Å². The van der Waals surface area contributed by atoms with Crippen molar-refractivity contribution in [1.29, 1.82) is 0 Å². The summed E-state index contributed by atoms with van der Waals surface area (Å²) >= 11 is 0. The van der Waals surface area contributed by atoms with E-state index < -0.39 is 0 Å². The molecular weight excluding hydrogens is 218 g/mol. The summed E-state index contributed by atoms with van der Waals surface area (Å²) in [5.74, 6) is 1.74. The van der Waals surface area contributed by atoms with Crippen LogP contribution in [0.5, 0.6) is 0 Å². The second kappa shape index (κ2) is 12.0. The molecule has 0 aromatic heterocycles. The average Bonchev–Trinajstić information content (AvgIpc) is 2.37. The van der Waals surface area contributed by atoms with Gasteiger partial charge in [0, 0.05) is 6.04 Å². The maximum atomic E-state index is 3.80. The SMILES string of the molecule is CCCCC(NCCCC(C)CCC)C(C)CC. The third-order valence-electron chi connectivity index (χ3n) is 4.26. The Hall–Kier alpha value is -0.0400. The van der Waals surface area contributed by atoms with Crippen molar-refractivity contribution >= 4 is 0 Å². The highest BCUT2D eigenvalue weighted by molar-refractivity contribution is 4.72. The summed E-state index contributed by atoms with van der Waals surface area (Å²) in [6.07, 6.45) is 10.8. The topological polar surface area (TPSA) is 12.0 Å². The Kier molecular flexibility index (Phi) is 12.0. The molecular formula is C17H37N. The molecule has 0 saturated heterocycles. The largest absolute Gasteiger partial charge is 0.314 e. The summed E-state index contributed by atoms with van der Waals surface area (Å²) in [7, 11) is 0. The summed E-state index contributed by atoms with van der Waals surface area (Å²) < 4.78 is 0. The molecule has 0 aromatic rings. The van der Waals surface area contributed by atoms with E-state index in [0.29, 0.717) is 0 Å². The maximum Gasteiger partial charge on any atom is 0.00925 e. The Morgan fingerprint density at radius 3 is 2.11 bits per heavy atom. The molecule has 1 nitrogen and oxygen atoms in total. The van der Waals surface area contributed by atoms with E-state index in [1.807, 2.05) is 0 Å². The first-order valence-corrected chi connectivity index (χ1v) is 8.38. The van der Waals surface area contributed by atoms with Gasteiger partial charge in [-0.25, -0.2) is 0 Å². The maximum absolute atomic E-state index is 3.80. The van der Waals surface area contributed by atoms with Gasteiger partial charge < -0.3 is 5.32 Å². The molecule has 0 aliphatic carbocycles. The minimum Gasteiger partial charge on any atom is -0.314 e. The Bertz CT molecular complexity index is 167. The molecule has 1 heteroatoms. The van der Waals surface area contributed by atoms with Gasteiger partial charge in [-0.05, 0) is 37.6 Å². The van der Waals surface area contributed by atoms with Crippen LogP contribution in [0.1, 0.15) is 86.0 Å². The van der Waals surface area contributed by atoms with Crippen LogP contribution in [0, 0.1) is 11.8 Å². The smallest absolute Gasteiger partial charge is 0.00925 e. The van der Waals surface area contributed by atoms with E-state index >= 15 is 0 Å². The van der Waals surface area contributed by atoms with Crippen molar-refractivity contribution < 1.29 is 0 Å². The zero-order chi connectivity index (χ0) is 13.8. The van der Waals surface area contributed by atoms with Gasteiger partial charge in [0.15, 0.2) is 0 Å². The Balaban J connectivity index is 3.74. The van der Waals surface area contributed by atoms with Crippen molar-refractivity contribution in [2.45, 2.75) is 92.0 Å². The van der Waals surface area contributed by atoms with Gasteiger partial charge in [-0.3, -0.25) is 0 Å². The van der Waals surface area contributed by atoms with Crippen molar-refractivity contribution in [3.63, 3.8) is 0 Å². The van der Waals surface area contributed by atoms with E-state index in [0.717, 1.165) is 17.9 Å². The van der Waals surface area contributed by atoms with E-state index in [-0.39, 0.29) is 0 Å². The molecule has 0 saturated carbocycles. The summed E-state index contributed by atoms with van der Waals surface area (Å²) in [5, 5.41) is 3.80. The first-order valence-electron chi connectivity index (χ1n) is 8.38. The normalized spacial score (nSPS) is 16.5. The lowest BCUT2D eigenvalue weighted by Gasteiger charge is -2.24. The van der Waals surface area contributed by atoms with Crippen molar-refractivity contribution in [2.75, 3.05) is 6.54 Å². The van der Waals surface area contributed by atoms with Gasteiger partial charge in [-0.15, -0.1) is 0 Å². The molecule has 0 amide bonds. The van der Waals surface area contributed by atoms with Crippen LogP contribution in [0.25, 0.3) is 0 Å². The molecule has 1 N–H and O–H groups in total. The van der Waals surface area contributed by atoms with Crippen LogP contribution in [-0.2, 0) is 0 Å². The zero-order valence-corrected chi connectivity index (χ0v) is 13.6. The fourth-order valence-electron chi connectivity index (χ4n) is 2.67. The highest BCUT2D eigenvalue weighted by Crippen LogP contribution is 2.15. The van der Waals surface area contributed by atoms with Crippen molar-refractivity contribution in [1.82, 2.24) is 5.32 Å². The predicted octanol–water partition coefficient (Wildman–Crippen LogP) is 5.40.